The number of aromatic nitrogens is 4. The number of sulfonamides is 1. The Morgan fingerprint density at radius 2 is 1.83 bits per heavy atom. The van der Waals surface area contributed by atoms with Crippen molar-refractivity contribution >= 4 is 27.5 Å². The minimum Gasteiger partial charge on any atom is -0.465 e. The summed E-state index contributed by atoms with van der Waals surface area (Å²) in [5, 5.41) is 2.56. The van der Waals surface area contributed by atoms with E-state index in [2.05, 4.69) is 24.5 Å². The molecule has 2 heterocycles. The highest BCUT2D eigenvalue weighted by Crippen LogP contribution is 2.30. The van der Waals surface area contributed by atoms with Gasteiger partial charge in [0.05, 0.1) is 18.4 Å². The highest BCUT2D eigenvalue weighted by molar-refractivity contribution is 7.92. The number of alkyl halides is 3. The summed E-state index contributed by atoms with van der Waals surface area (Å²) in [7, 11) is -3.43. The molecule has 13 heteroatoms. The number of rotatable bonds is 4. The number of carbonyl (C=O) groups excluding carboxylic acids is 1. The van der Waals surface area contributed by atoms with Crippen molar-refractivity contribution < 1.29 is 31.1 Å². The van der Waals surface area contributed by atoms with Crippen molar-refractivity contribution in [3.8, 4) is 0 Å². The van der Waals surface area contributed by atoms with Crippen LogP contribution < -0.4 is 4.72 Å². The van der Waals surface area contributed by atoms with Crippen molar-refractivity contribution in [2.75, 3.05) is 11.8 Å². The Labute approximate surface area is 169 Å². The van der Waals surface area contributed by atoms with Gasteiger partial charge in [-0.2, -0.15) is 31.1 Å². The first-order valence-electron chi connectivity index (χ1n) is 8.38. The minimum atomic E-state index is -4.81. The van der Waals surface area contributed by atoms with Crippen LogP contribution in [-0.2, 0) is 20.9 Å². The fourth-order valence-electron chi connectivity index (χ4n) is 2.69. The maximum Gasteiger partial charge on any atom is 0.433 e. The molecule has 2 aromatic heterocycles. The number of nitrogens with zero attached hydrogens (tertiary/aromatic N) is 4. The van der Waals surface area contributed by atoms with Gasteiger partial charge in [0.1, 0.15) is 0 Å². The standard InChI is InChI=1S/C17H16F3N5O4S/c1-8-5-6-11(14(26)29-4)13(10(8)3)24-30(27,28)16-22-15-21-9(2)7-12(17(18,19)20)25(15)23-16/h5-7,24H,1-4H3. The maximum atomic E-state index is 13.3. The summed E-state index contributed by atoms with van der Waals surface area (Å²) in [5.74, 6) is -1.33. The van der Waals surface area contributed by atoms with Crippen LogP contribution >= 0.6 is 0 Å². The topological polar surface area (TPSA) is 116 Å². The third-order valence-electron chi connectivity index (χ3n) is 4.33. The molecule has 9 nitrogen and oxygen atoms in total. The number of halogens is 3. The van der Waals surface area contributed by atoms with Gasteiger partial charge in [-0.05, 0) is 44.0 Å². The first-order valence-corrected chi connectivity index (χ1v) is 9.86. The third kappa shape index (κ3) is 3.79. The lowest BCUT2D eigenvalue weighted by Gasteiger charge is -2.14. The SMILES string of the molecule is COC(=O)c1ccc(C)c(C)c1NS(=O)(=O)c1nc2nc(C)cc(C(F)(F)F)n2n1. The molecule has 0 saturated carbocycles. The molecule has 0 saturated heterocycles. The highest BCUT2D eigenvalue weighted by Gasteiger charge is 2.36. The number of benzene rings is 1. The third-order valence-corrected chi connectivity index (χ3v) is 5.46. The van der Waals surface area contributed by atoms with E-state index < -0.39 is 38.8 Å². The molecule has 0 aliphatic heterocycles. The normalized spacial score (nSPS) is 12.2. The molecule has 160 valence electrons. The van der Waals surface area contributed by atoms with Crippen LogP contribution in [0.3, 0.4) is 0 Å². The van der Waals surface area contributed by atoms with E-state index >= 15 is 0 Å². The molecule has 1 N–H and O–H groups in total. The van der Waals surface area contributed by atoms with Gasteiger partial charge in [-0.25, -0.2) is 9.78 Å². The zero-order chi connectivity index (χ0) is 22.4. The first-order chi connectivity index (χ1) is 13.8. The summed E-state index contributed by atoms with van der Waals surface area (Å²) in [4.78, 5) is 19.5. The monoisotopic (exact) mass is 443 g/mol. The second-order valence-electron chi connectivity index (χ2n) is 6.41. The molecule has 0 aliphatic carbocycles. The molecule has 30 heavy (non-hydrogen) atoms. The Morgan fingerprint density at radius 3 is 2.43 bits per heavy atom. The molecule has 1 aromatic carbocycles. The summed E-state index contributed by atoms with van der Waals surface area (Å²) in [5.41, 5.74) is -0.295. The van der Waals surface area contributed by atoms with Crippen molar-refractivity contribution in [2.24, 2.45) is 0 Å². The fourth-order valence-corrected chi connectivity index (χ4v) is 3.71. The Bertz CT molecular complexity index is 1270. The van der Waals surface area contributed by atoms with E-state index in [1.54, 1.807) is 19.9 Å². The number of fused-ring (bicyclic) bond motifs is 1. The van der Waals surface area contributed by atoms with Gasteiger partial charge in [0.2, 0.25) is 0 Å². The lowest BCUT2D eigenvalue weighted by atomic mass is 10.0. The van der Waals surface area contributed by atoms with Gasteiger partial charge in [0, 0.05) is 5.69 Å². The van der Waals surface area contributed by atoms with Crippen molar-refractivity contribution in [1.29, 1.82) is 0 Å². The zero-order valence-electron chi connectivity index (χ0n) is 16.2. The van der Waals surface area contributed by atoms with Crippen LogP contribution in [0.1, 0.15) is 32.9 Å². The number of nitrogens with one attached hydrogen (secondary N) is 1. The number of aryl methyl sites for hydroxylation is 2. The molecule has 0 radical (unpaired) electrons. The van der Waals surface area contributed by atoms with Crippen LogP contribution in [0.4, 0.5) is 18.9 Å². The average Bonchev–Trinajstić information content (AvgIpc) is 3.08. The summed E-state index contributed by atoms with van der Waals surface area (Å²) in [6.45, 7) is 4.58. The van der Waals surface area contributed by atoms with Crippen molar-refractivity contribution in [1.82, 2.24) is 19.6 Å². The smallest absolute Gasteiger partial charge is 0.433 e. The fraction of sp³-hybridized carbons (Fsp3) is 0.294. The molecular formula is C17H16F3N5O4S. The molecule has 3 rings (SSSR count). The van der Waals surface area contributed by atoms with Gasteiger partial charge in [-0.3, -0.25) is 4.72 Å². The Morgan fingerprint density at radius 1 is 1.17 bits per heavy atom. The van der Waals surface area contributed by atoms with Gasteiger partial charge in [-0.1, -0.05) is 6.07 Å². The molecule has 0 spiro atoms. The van der Waals surface area contributed by atoms with Gasteiger partial charge in [-0.15, -0.1) is 5.10 Å². The molecule has 0 fully saturated rings. The van der Waals surface area contributed by atoms with E-state index in [9.17, 15) is 26.4 Å². The lowest BCUT2D eigenvalue weighted by molar-refractivity contribution is -0.142. The summed E-state index contributed by atoms with van der Waals surface area (Å²) in [6, 6.07) is 3.70. The zero-order valence-corrected chi connectivity index (χ0v) is 17.0. The van der Waals surface area contributed by atoms with Crippen LogP contribution in [0.25, 0.3) is 5.78 Å². The van der Waals surface area contributed by atoms with Gasteiger partial charge in [0.25, 0.3) is 21.0 Å². The Hall–Kier alpha value is -3.22. The van der Waals surface area contributed by atoms with Crippen molar-refractivity contribution in [3.63, 3.8) is 0 Å². The summed E-state index contributed by atoms with van der Waals surface area (Å²) >= 11 is 0. The minimum absolute atomic E-state index is 0.0124. The molecule has 0 amide bonds. The molecule has 0 aliphatic rings. The molecule has 3 aromatic rings. The van der Waals surface area contributed by atoms with Crippen LogP contribution in [0.5, 0.6) is 0 Å². The summed E-state index contributed by atoms with van der Waals surface area (Å²) in [6.07, 6.45) is -4.81. The number of ether oxygens (including phenoxy) is 1. The van der Waals surface area contributed by atoms with Crippen LogP contribution in [0.2, 0.25) is 0 Å². The predicted octanol–water partition coefficient (Wildman–Crippen LogP) is 2.66. The van der Waals surface area contributed by atoms with Crippen LogP contribution in [0, 0.1) is 20.8 Å². The van der Waals surface area contributed by atoms with E-state index in [1.165, 1.54) is 13.0 Å². The molecule has 0 unspecified atom stereocenters. The number of hydrogen-bond acceptors (Lipinski definition) is 7. The Balaban J connectivity index is 2.16. The quantitative estimate of drug-likeness (QED) is 0.617. The average molecular weight is 443 g/mol. The molecular weight excluding hydrogens is 427 g/mol. The van der Waals surface area contributed by atoms with E-state index in [0.29, 0.717) is 15.6 Å². The van der Waals surface area contributed by atoms with Gasteiger partial charge < -0.3 is 4.74 Å². The second-order valence-corrected chi connectivity index (χ2v) is 7.99. The van der Waals surface area contributed by atoms with E-state index in [1.807, 2.05) is 0 Å². The second kappa shape index (κ2) is 7.23. The maximum absolute atomic E-state index is 13.3. The number of esters is 1. The molecule has 0 bridgehead atoms. The van der Waals surface area contributed by atoms with Crippen LogP contribution in [0.15, 0.2) is 23.4 Å². The van der Waals surface area contributed by atoms with E-state index in [0.717, 1.165) is 13.2 Å². The molecule has 0 atom stereocenters. The lowest BCUT2D eigenvalue weighted by Crippen LogP contribution is -2.19. The van der Waals surface area contributed by atoms with Gasteiger partial charge in [0.15, 0.2) is 5.69 Å². The highest BCUT2D eigenvalue weighted by atomic mass is 32.2. The predicted molar refractivity (Wildman–Crippen MR) is 98.6 cm³/mol. The number of hydrogen-bond donors (Lipinski definition) is 1. The van der Waals surface area contributed by atoms with Crippen LogP contribution in [-0.4, -0.2) is 41.1 Å². The van der Waals surface area contributed by atoms with Gasteiger partial charge >= 0.3 is 12.1 Å². The largest absolute Gasteiger partial charge is 0.465 e. The van der Waals surface area contributed by atoms with E-state index in [4.69, 9.17) is 0 Å². The van der Waals surface area contributed by atoms with Crippen molar-refractivity contribution in [2.45, 2.75) is 32.1 Å². The number of methoxy groups -OCH3 is 1. The van der Waals surface area contributed by atoms with Crippen molar-refractivity contribution in [3.05, 3.63) is 46.3 Å². The number of carbonyl (C=O) groups is 1. The summed E-state index contributed by atoms with van der Waals surface area (Å²) < 4.78 is 72.7. The first kappa shape index (κ1) is 21.5. The Kier molecular flexibility index (Phi) is 5.18. The van der Waals surface area contributed by atoms with E-state index in [-0.39, 0.29) is 16.9 Å². The number of anilines is 1.